The molecular weight excluding hydrogens is 454 g/mol. The summed E-state index contributed by atoms with van der Waals surface area (Å²) in [5, 5.41) is 10.9. The molecule has 36 heavy (non-hydrogen) atoms. The molecule has 4 aromatic rings. The first-order valence-electron chi connectivity index (χ1n) is 12.2. The molecule has 1 aliphatic heterocycles. The highest BCUT2D eigenvalue weighted by atomic mass is 16.5. The van der Waals surface area contributed by atoms with Gasteiger partial charge in [0.25, 0.3) is 0 Å². The van der Waals surface area contributed by atoms with Gasteiger partial charge in [-0.05, 0) is 73.5 Å². The van der Waals surface area contributed by atoms with E-state index in [1.807, 2.05) is 78.2 Å². The van der Waals surface area contributed by atoms with Crippen molar-refractivity contribution in [2.75, 3.05) is 25.2 Å². The molecule has 1 N–H and O–H groups in total. The molecule has 1 amide bonds. The maximum absolute atomic E-state index is 13.0. The Hall–Kier alpha value is -3.84. The van der Waals surface area contributed by atoms with Crippen LogP contribution in [0, 0.1) is 13.8 Å². The van der Waals surface area contributed by atoms with E-state index in [0.717, 1.165) is 39.6 Å². The van der Waals surface area contributed by atoms with Crippen LogP contribution in [0.15, 0.2) is 66.7 Å². The third-order valence-corrected chi connectivity index (χ3v) is 6.87. The Kier molecular flexibility index (Phi) is 6.65. The van der Waals surface area contributed by atoms with Crippen molar-refractivity contribution >= 4 is 22.6 Å². The number of fused-ring (bicyclic) bond motifs is 1. The van der Waals surface area contributed by atoms with Crippen molar-refractivity contribution in [3.05, 3.63) is 83.7 Å². The second-order valence-electron chi connectivity index (χ2n) is 9.38. The minimum atomic E-state index is -0.738. The number of hydrogen-bond donors (Lipinski definition) is 1. The zero-order valence-electron chi connectivity index (χ0n) is 20.8. The summed E-state index contributed by atoms with van der Waals surface area (Å²) in [6.07, 6.45) is -0.373. The van der Waals surface area contributed by atoms with Crippen molar-refractivity contribution in [1.29, 1.82) is 0 Å². The lowest BCUT2D eigenvalue weighted by Crippen LogP contribution is -2.26. The van der Waals surface area contributed by atoms with Crippen LogP contribution in [0.3, 0.4) is 0 Å². The summed E-state index contributed by atoms with van der Waals surface area (Å²) >= 11 is 0. The van der Waals surface area contributed by atoms with E-state index in [1.54, 1.807) is 12.0 Å². The van der Waals surface area contributed by atoms with E-state index < -0.39 is 6.10 Å². The van der Waals surface area contributed by atoms with Gasteiger partial charge in [0.2, 0.25) is 5.91 Å². The molecule has 0 unspecified atom stereocenters. The number of amides is 1. The largest absolute Gasteiger partial charge is 0.497 e. The van der Waals surface area contributed by atoms with E-state index in [2.05, 4.69) is 6.92 Å². The van der Waals surface area contributed by atoms with Crippen LogP contribution in [0.2, 0.25) is 0 Å². The molecule has 0 spiro atoms. The lowest BCUT2D eigenvalue weighted by molar-refractivity contribution is -0.117. The van der Waals surface area contributed by atoms with E-state index in [-0.39, 0.29) is 18.4 Å². The number of ether oxygens (including phenoxy) is 2. The number of benzene rings is 3. The summed E-state index contributed by atoms with van der Waals surface area (Å²) < 4.78 is 13.2. The van der Waals surface area contributed by atoms with Crippen LogP contribution in [-0.2, 0) is 11.3 Å². The number of imidazole rings is 1. The molecule has 5 rings (SSSR count). The Labute approximate surface area is 210 Å². The smallest absolute Gasteiger partial charge is 0.227 e. The molecule has 0 aliphatic carbocycles. The fourth-order valence-corrected chi connectivity index (χ4v) is 4.75. The van der Waals surface area contributed by atoms with Crippen LogP contribution in [0.4, 0.5) is 5.69 Å². The summed E-state index contributed by atoms with van der Waals surface area (Å²) in [6, 6.07) is 21.3. The van der Waals surface area contributed by atoms with E-state index in [4.69, 9.17) is 14.5 Å². The molecule has 186 valence electrons. The number of hydrogen-bond acceptors (Lipinski definition) is 5. The number of para-hydroxylation sites is 2. The molecule has 1 aliphatic rings. The second-order valence-corrected chi connectivity index (χ2v) is 9.38. The predicted octanol–water partition coefficient (Wildman–Crippen LogP) is 4.62. The van der Waals surface area contributed by atoms with Gasteiger partial charge in [-0.1, -0.05) is 18.2 Å². The fourth-order valence-electron chi connectivity index (χ4n) is 4.75. The van der Waals surface area contributed by atoms with Gasteiger partial charge < -0.3 is 24.0 Å². The highest BCUT2D eigenvalue weighted by Gasteiger charge is 2.35. The number of nitrogens with zero attached hydrogens (tertiary/aromatic N) is 3. The van der Waals surface area contributed by atoms with Crippen molar-refractivity contribution in [2.45, 2.75) is 38.8 Å². The first kappa shape index (κ1) is 23.9. The van der Waals surface area contributed by atoms with E-state index >= 15 is 0 Å². The van der Waals surface area contributed by atoms with Crippen LogP contribution in [0.1, 0.15) is 29.3 Å². The molecule has 7 heteroatoms. The molecule has 1 fully saturated rings. The highest BCUT2D eigenvalue weighted by molar-refractivity contribution is 5.96. The van der Waals surface area contributed by atoms with Crippen LogP contribution < -0.4 is 14.4 Å². The van der Waals surface area contributed by atoms with Gasteiger partial charge in [-0.3, -0.25) is 4.79 Å². The minimum absolute atomic E-state index is 0.0578. The number of methoxy groups -OCH3 is 1. The number of aliphatic hydroxyl groups is 1. The summed E-state index contributed by atoms with van der Waals surface area (Å²) in [5.74, 6) is 2.28. The standard InChI is InChI=1S/C29H31N3O4/c1-19-8-11-25(14-20(19)2)36-18-23(33)17-32-27-7-5-4-6-26(27)30-29(32)21-15-28(34)31(16-21)22-9-12-24(35-3)13-10-22/h4-14,21,23,33H,15-18H2,1-3H3/t21-,23-/m0/s1. The molecule has 1 aromatic heterocycles. The molecule has 1 saturated heterocycles. The third-order valence-electron chi connectivity index (χ3n) is 6.87. The number of carbonyl (C=O) groups excluding carboxylic acids is 1. The number of rotatable bonds is 8. The topological polar surface area (TPSA) is 76.8 Å². The van der Waals surface area contributed by atoms with Crippen LogP contribution >= 0.6 is 0 Å². The zero-order chi connectivity index (χ0) is 25.2. The Morgan fingerprint density at radius 3 is 2.53 bits per heavy atom. The predicted molar refractivity (Wildman–Crippen MR) is 140 cm³/mol. The summed E-state index contributed by atoms with van der Waals surface area (Å²) in [5.41, 5.74) is 4.98. The lowest BCUT2D eigenvalue weighted by Gasteiger charge is -2.19. The van der Waals surface area contributed by atoms with Gasteiger partial charge in [-0.2, -0.15) is 0 Å². The Bertz CT molecular complexity index is 1380. The first-order valence-corrected chi connectivity index (χ1v) is 12.2. The van der Waals surface area contributed by atoms with Gasteiger partial charge >= 0.3 is 0 Å². The minimum Gasteiger partial charge on any atom is -0.497 e. The van der Waals surface area contributed by atoms with E-state index in [1.165, 1.54) is 5.56 Å². The van der Waals surface area contributed by atoms with Gasteiger partial charge in [0, 0.05) is 24.6 Å². The average molecular weight is 486 g/mol. The number of aryl methyl sites for hydroxylation is 2. The molecule has 7 nitrogen and oxygen atoms in total. The van der Waals surface area contributed by atoms with Crippen molar-refractivity contribution < 1.29 is 19.4 Å². The zero-order valence-corrected chi connectivity index (χ0v) is 20.8. The van der Waals surface area contributed by atoms with Gasteiger partial charge in [0.1, 0.15) is 30.0 Å². The number of aromatic nitrogens is 2. The maximum atomic E-state index is 13.0. The van der Waals surface area contributed by atoms with Crippen molar-refractivity contribution in [1.82, 2.24) is 9.55 Å². The summed E-state index contributed by atoms with van der Waals surface area (Å²) in [4.78, 5) is 19.6. The van der Waals surface area contributed by atoms with E-state index in [9.17, 15) is 9.90 Å². The molecular formula is C29H31N3O4. The number of carbonyl (C=O) groups is 1. The average Bonchev–Trinajstić information content (AvgIpc) is 3.45. The Balaban J connectivity index is 1.36. The fraction of sp³-hybridized carbons (Fsp3) is 0.310. The molecule has 2 atom stereocenters. The quantitative estimate of drug-likeness (QED) is 0.394. The SMILES string of the molecule is COc1ccc(N2C[C@@H](c3nc4ccccc4n3C[C@H](O)COc3ccc(C)c(C)c3)CC2=O)cc1. The van der Waals surface area contributed by atoms with Gasteiger partial charge in [-0.15, -0.1) is 0 Å². The summed E-state index contributed by atoms with van der Waals surface area (Å²) in [6.45, 7) is 5.12. The molecule has 3 aromatic carbocycles. The number of aliphatic hydroxyl groups excluding tert-OH is 1. The number of anilines is 1. The van der Waals surface area contributed by atoms with Crippen LogP contribution in [0.5, 0.6) is 11.5 Å². The molecule has 0 saturated carbocycles. The maximum Gasteiger partial charge on any atom is 0.227 e. The Morgan fingerprint density at radius 2 is 1.78 bits per heavy atom. The molecule has 0 bridgehead atoms. The van der Waals surface area contributed by atoms with Crippen LogP contribution in [0.25, 0.3) is 11.0 Å². The van der Waals surface area contributed by atoms with Gasteiger partial charge in [0.15, 0.2) is 0 Å². The highest BCUT2D eigenvalue weighted by Crippen LogP contribution is 2.34. The Morgan fingerprint density at radius 1 is 1.03 bits per heavy atom. The monoisotopic (exact) mass is 485 g/mol. The third kappa shape index (κ3) is 4.79. The van der Waals surface area contributed by atoms with Crippen molar-refractivity contribution in [3.8, 4) is 11.5 Å². The lowest BCUT2D eigenvalue weighted by atomic mass is 10.1. The van der Waals surface area contributed by atoms with Gasteiger partial charge in [0.05, 0.1) is 24.7 Å². The van der Waals surface area contributed by atoms with Crippen molar-refractivity contribution in [3.63, 3.8) is 0 Å². The first-order chi connectivity index (χ1) is 17.4. The molecule has 0 radical (unpaired) electrons. The second kappa shape index (κ2) is 10.0. The summed E-state index contributed by atoms with van der Waals surface area (Å²) in [7, 11) is 1.62. The molecule has 2 heterocycles. The van der Waals surface area contributed by atoms with Crippen molar-refractivity contribution in [2.24, 2.45) is 0 Å². The van der Waals surface area contributed by atoms with E-state index in [0.29, 0.717) is 19.5 Å². The van der Waals surface area contributed by atoms with Gasteiger partial charge in [-0.25, -0.2) is 4.98 Å². The normalized spacial score (nSPS) is 16.5. The van der Waals surface area contributed by atoms with Crippen LogP contribution in [-0.4, -0.2) is 46.9 Å².